The molecule has 438 valence electrons. The summed E-state index contributed by atoms with van der Waals surface area (Å²) in [5, 5.41) is 3.01. The summed E-state index contributed by atoms with van der Waals surface area (Å²) < 4.78 is 30.6. The molecule has 0 heterocycles. The lowest BCUT2D eigenvalue weighted by Crippen LogP contribution is -2.47. The lowest BCUT2D eigenvalue weighted by molar-refractivity contribution is -0.870. The van der Waals surface area contributed by atoms with E-state index >= 15 is 0 Å². The first-order chi connectivity index (χ1) is 37.4. The number of allylic oxidation sites excluding steroid dienone is 21. The maximum absolute atomic E-state index is 13.5. The van der Waals surface area contributed by atoms with Gasteiger partial charge in [-0.3, -0.25) is 18.6 Å². The van der Waals surface area contributed by atoms with Crippen LogP contribution in [0.3, 0.4) is 0 Å². The fourth-order valence-corrected chi connectivity index (χ4v) is 8.60. The van der Waals surface area contributed by atoms with Gasteiger partial charge in [-0.2, -0.15) is 0 Å². The molecular weight excluding hydrogens is 976 g/mol. The number of carbonyl (C=O) groups is 2. The number of ether oxygens (including phenoxy) is 1. The van der Waals surface area contributed by atoms with Crippen molar-refractivity contribution in [3.8, 4) is 0 Å². The number of rotatable bonds is 53. The number of phosphoric acid groups is 1. The molecule has 0 rings (SSSR count). The Bertz CT molecular complexity index is 1780. The van der Waals surface area contributed by atoms with Gasteiger partial charge in [0.1, 0.15) is 19.3 Å². The minimum atomic E-state index is -4.48. The molecule has 0 aromatic heterocycles. The first kappa shape index (κ1) is 73.2. The van der Waals surface area contributed by atoms with E-state index < -0.39 is 20.0 Å². The number of esters is 1. The first-order valence-corrected chi connectivity index (χ1v) is 32.0. The largest absolute Gasteiger partial charge is 0.472 e. The van der Waals surface area contributed by atoms with Crippen LogP contribution < -0.4 is 5.32 Å². The second-order valence-electron chi connectivity index (χ2n) is 21.1. The molecule has 0 fully saturated rings. The number of carbonyl (C=O) groups excluding carboxylic acids is 2. The summed E-state index contributed by atoms with van der Waals surface area (Å²) in [4.78, 5) is 37.7. The third-order valence-corrected chi connectivity index (χ3v) is 13.6. The molecule has 3 atom stereocenters. The van der Waals surface area contributed by atoms with Gasteiger partial charge in [0.2, 0.25) is 5.91 Å². The Hall–Kier alpha value is -3.85. The van der Waals surface area contributed by atoms with Crippen LogP contribution in [0.1, 0.15) is 226 Å². The minimum Gasteiger partial charge on any atom is -0.456 e. The van der Waals surface area contributed by atoms with E-state index in [-0.39, 0.29) is 37.9 Å². The molecular formula is C67H114N2O7P+. The number of phosphoric ester groups is 1. The lowest BCUT2D eigenvalue weighted by atomic mass is 10.1. The fourth-order valence-electron chi connectivity index (χ4n) is 7.87. The van der Waals surface area contributed by atoms with Gasteiger partial charge in [0.25, 0.3) is 0 Å². The van der Waals surface area contributed by atoms with Crippen molar-refractivity contribution in [2.45, 2.75) is 238 Å². The van der Waals surface area contributed by atoms with Gasteiger partial charge in [0.15, 0.2) is 0 Å². The molecule has 0 bridgehead atoms. The van der Waals surface area contributed by atoms with Crippen LogP contribution in [0.2, 0.25) is 0 Å². The molecule has 0 aromatic carbocycles. The van der Waals surface area contributed by atoms with E-state index in [9.17, 15) is 19.0 Å². The van der Waals surface area contributed by atoms with Crippen LogP contribution in [-0.4, -0.2) is 74.3 Å². The summed E-state index contributed by atoms with van der Waals surface area (Å²) in [6, 6.07) is -0.894. The summed E-state index contributed by atoms with van der Waals surface area (Å²) in [6.07, 6.45) is 78.8. The number of unbranched alkanes of at least 4 members (excludes halogenated alkanes) is 17. The van der Waals surface area contributed by atoms with Crippen molar-refractivity contribution in [3.63, 3.8) is 0 Å². The zero-order chi connectivity index (χ0) is 56.4. The molecule has 0 aliphatic heterocycles. The van der Waals surface area contributed by atoms with Crippen LogP contribution in [0.25, 0.3) is 0 Å². The van der Waals surface area contributed by atoms with Crippen LogP contribution in [0.4, 0.5) is 0 Å². The van der Waals surface area contributed by atoms with E-state index in [0.717, 1.165) is 109 Å². The molecule has 2 N–H and O–H groups in total. The molecule has 0 radical (unpaired) electrons. The monoisotopic (exact) mass is 1090 g/mol. The van der Waals surface area contributed by atoms with Crippen LogP contribution in [0.5, 0.6) is 0 Å². The van der Waals surface area contributed by atoms with Crippen molar-refractivity contribution in [1.29, 1.82) is 0 Å². The minimum absolute atomic E-state index is 0.0184. The summed E-state index contributed by atoms with van der Waals surface area (Å²) in [7, 11) is 1.43. The first-order valence-electron chi connectivity index (χ1n) is 30.5. The topological polar surface area (TPSA) is 111 Å². The predicted molar refractivity (Wildman–Crippen MR) is 332 cm³/mol. The molecule has 10 heteroatoms. The van der Waals surface area contributed by atoms with E-state index in [1.54, 1.807) is 0 Å². The molecule has 77 heavy (non-hydrogen) atoms. The summed E-state index contributed by atoms with van der Waals surface area (Å²) in [6.45, 7) is 6.78. The van der Waals surface area contributed by atoms with Crippen LogP contribution in [-0.2, 0) is 27.9 Å². The van der Waals surface area contributed by atoms with Gasteiger partial charge in [-0.1, -0.05) is 219 Å². The molecule has 0 aromatic rings. The number of hydrogen-bond acceptors (Lipinski definition) is 6. The summed E-state index contributed by atoms with van der Waals surface area (Å²) >= 11 is 0. The standard InChI is InChI=1S/C67H113N2O7P/c1-7-10-13-16-19-22-25-27-29-31-33-34-36-37-39-41-44-47-50-53-56-59-66(70)68-64(63-75-77(72,73)74-62-61-69(4,5)6)65(58-55-52-49-46-43-24-21-18-15-12-9-3)76-67(71)60-57-54-51-48-45-42-40-38-35-32-30-28-26-23-20-17-14-11-8-2/h10,13,19-20,22-23,27-30,33-35,37-39,42,44-45,47,55,58,64-65H,7-9,11-12,14-18,21,24-26,31-32,36,40-41,43,46,48-54,56-57,59-63H2,1-6H3,(H-,68,70,72,73)/p+1/b13-10-,22-19-,23-20-,29-27-,30-28-,34-33-,38-35-,39-37-,45-42-,47-44-,58-55+. The third-order valence-electron chi connectivity index (χ3n) is 12.6. The molecule has 3 unspecified atom stereocenters. The Balaban J connectivity index is 5.40. The number of likely N-dealkylation sites (N-methyl/N-ethyl adjacent to an activating group) is 1. The Morgan fingerprint density at radius 2 is 0.831 bits per heavy atom. The predicted octanol–water partition coefficient (Wildman–Crippen LogP) is 18.9. The van der Waals surface area contributed by atoms with E-state index in [0.29, 0.717) is 23.9 Å². The highest BCUT2D eigenvalue weighted by Crippen LogP contribution is 2.43. The average Bonchev–Trinajstić information content (AvgIpc) is 3.39. The van der Waals surface area contributed by atoms with Crippen molar-refractivity contribution < 1.29 is 37.3 Å². The van der Waals surface area contributed by atoms with Crippen LogP contribution >= 0.6 is 7.82 Å². The number of nitrogens with zero attached hydrogens (tertiary/aromatic N) is 1. The summed E-state index contributed by atoms with van der Waals surface area (Å²) in [5.41, 5.74) is 0. The van der Waals surface area contributed by atoms with Crippen molar-refractivity contribution >= 4 is 19.7 Å². The van der Waals surface area contributed by atoms with Crippen molar-refractivity contribution in [2.24, 2.45) is 0 Å². The number of nitrogens with one attached hydrogen (secondary N) is 1. The van der Waals surface area contributed by atoms with Crippen molar-refractivity contribution in [3.05, 3.63) is 134 Å². The van der Waals surface area contributed by atoms with Gasteiger partial charge in [-0.05, 0) is 128 Å². The molecule has 0 spiro atoms. The second-order valence-corrected chi connectivity index (χ2v) is 22.6. The van der Waals surface area contributed by atoms with E-state index in [1.165, 1.54) is 70.6 Å². The number of hydrogen-bond donors (Lipinski definition) is 2. The Labute approximate surface area is 473 Å². The molecule has 9 nitrogen and oxygen atoms in total. The highest BCUT2D eigenvalue weighted by atomic mass is 31.2. The SMILES string of the molecule is CC/C=C\C/C=C\C/C=C\C/C=C\C/C=C\C/C=C\CCCCC(=O)NC(COP(=O)(O)OCC[N+](C)(C)C)C(/C=C/CCCCCCCCCCC)OC(=O)CCCCC/C=C\C/C=C\C/C=C\C/C=C\CCCCC. The normalized spacial score (nSPS) is 14.6. The number of amides is 1. The van der Waals surface area contributed by atoms with Gasteiger partial charge in [-0.25, -0.2) is 4.57 Å². The second kappa shape index (κ2) is 55.5. The quantitative estimate of drug-likeness (QED) is 0.0205. The fraction of sp³-hybridized carbons (Fsp3) is 0.642. The van der Waals surface area contributed by atoms with Crippen LogP contribution in [0.15, 0.2) is 134 Å². The Morgan fingerprint density at radius 3 is 1.29 bits per heavy atom. The van der Waals surface area contributed by atoms with E-state index in [4.69, 9.17) is 13.8 Å². The van der Waals surface area contributed by atoms with E-state index in [1.807, 2.05) is 33.3 Å². The third kappa shape index (κ3) is 56.7. The highest BCUT2D eigenvalue weighted by Gasteiger charge is 2.30. The number of quaternary nitrogens is 1. The summed E-state index contributed by atoms with van der Waals surface area (Å²) in [5.74, 6) is -0.604. The van der Waals surface area contributed by atoms with Gasteiger partial charge in [0, 0.05) is 12.8 Å². The smallest absolute Gasteiger partial charge is 0.456 e. The lowest BCUT2D eigenvalue weighted by Gasteiger charge is -2.27. The highest BCUT2D eigenvalue weighted by molar-refractivity contribution is 7.47. The molecule has 1 amide bonds. The molecule has 0 aliphatic carbocycles. The van der Waals surface area contributed by atoms with Gasteiger partial charge in [-0.15, -0.1) is 0 Å². The molecule has 0 aliphatic rings. The zero-order valence-corrected chi connectivity index (χ0v) is 50.8. The Morgan fingerprint density at radius 1 is 0.468 bits per heavy atom. The zero-order valence-electron chi connectivity index (χ0n) is 49.9. The maximum atomic E-state index is 13.5. The average molecular weight is 1090 g/mol. The van der Waals surface area contributed by atoms with Crippen molar-refractivity contribution in [1.82, 2.24) is 5.32 Å². The molecule has 0 saturated carbocycles. The maximum Gasteiger partial charge on any atom is 0.472 e. The van der Waals surface area contributed by atoms with Gasteiger partial charge >= 0.3 is 13.8 Å². The Kier molecular flexibility index (Phi) is 52.7. The van der Waals surface area contributed by atoms with Gasteiger partial charge < -0.3 is 19.4 Å². The molecule has 0 saturated heterocycles. The van der Waals surface area contributed by atoms with Crippen molar-refractivity contribution in [2.75, 3.05) is 40.9 Å². The van der Waals surface area contributed by atoms with E-state index in [2.05, 4.69) is 148 Å². The van der Waals surface area contributed by atoms with Gasteiger partial charge in [0.05, 0.1) is 33.8 Å². The van der Waals surface area contributed by atoms with Crippen LogP contribution in [0, 0.1) is 0 Å².